The van der Waals surface area contributed by atoms with E-state index in [4.69, 9.17) is 12.2 Å². The number of amides is 1. The third kappa shape index (κ3) is 4.12. The van der Waals surface area contributed by atoms with Crippen LogP contribution in [0.25, 0.3) is 6.08 Å². The molecule has 1 heterocycles. The zero-order valence-corrected chi connectivity index (χ0v) is 15.5. The lowest BCUT2D eigenvalue weighted by atomic mass is 10.0. The maximum atomic E-state index is 12.8. The Hall–Kier alpha value is -2.84. The molecule has 138 valence electrons. The molecule has 3 N–H and O–H groups in total. The zero-order chi connectivity index (χ0) is 19.6. The van der Waals surface area contributed by atoms with Crippen molar-refractivity contribution >= 4 is 46.3 Å². The molecule has 1 fully saturated rings. The number of carboxylic acid groups (broad SMARTS) is 1. The fourth-order valence-corrected chi connectivity index (χ4v) is 4.01. The predicted octanol–water partition coefficient (Wildman–Crippen LogP) is 2.99. The molecule has 1 amide bonds. The van der Waals surface area contributed by atoms with Crippen molar-refractivity contribution < 1.29 is 24.9 Å². The molecule has 27 heavy (non-hydrogen) atoms. The van der Waals surface area contributed by atoms with Crippen molar-refractivity contribution in [1.29, 1.82) is 0 Å². The SMILES string of the molecule is O=C(O)C(Cc1ccccc1)N1C(=O)C(=Cc2ccc(O)c(O)c2)SC1=S. The van der Waals surface area contributed by atoms with Crippen molar-refractivity contribution in [2.75, 3.05) is 0 Å². The molecular formula is C19H15NO5S2. The summed E-state index contributed by atoms with van der Waals surface area (Å²) in [6, 6.07) is 12.0. The normalized spacial score (nSPS) is 16.7. The summed E-state index contributed by atoms with van der Waals surface area (Å²) in [5.41, 5.74) is 1.27. The Morgan fingerprint density at radius 3 is 2.48 bits per heavy atom. The van der Waals surface area contributed by atoms with Crippen LogP contribution in [0.1, 0.15) is 11.1 Å². The maximum absolute atomic E-state index is 12.8. The van der Waals surface area contributed by atoms with Gasteiger partial charge in [0.25, 0.3) is 5.91 Å². The van der Waals surface area contributed by atoms with E-state index in [1.54, 1.807) is 24.3 Å². The van der Waals surface area contributed by atoms with E-state index in [2.05, 4.69) is 0 Å². The van der Waals surface area contributed by atoms with Gasteiger partial charge in [-0.15, -0.1) is 0 Å². The molecule has 0 saturated carbocycles. The molecule has 1 saturated heterocycles. The molecule has 0 radical (unpaired) electrons. The lowest BCUT2D eigenvalue weighted by Crippen LogP contribution is -2.45. The number of phenolic OH excluding ortho intramolecular Hbond substituents is 2. The summed E-state index contributed by atoms with van der Waals surface area (Å²) in [6.45, 7) is 0. The smallest absolute Gasteiger partial charge is 0.327 e. The summed E-state index contributed by atoms with van der Waals surface area (Å²) in [7, 11) is 0. The molecule has 1 aliphatic heterocycles. The van der Waals surface area contributed by atoms with Crippen LogP contribution in [0.2, 0.25) is 0 Å². The largest absolute Gasteiger partial charge is 0.504 e. The fourth-order valence-electron chi connectivity index (χ4n) is 2.66. The van der Waals surface area contributed by atoms with Gasteiger partial charge in [0.05, 0.1) is 4.91 Å². The highest BCUT2D eigenvalue weighted by molar-refractivity contribution is 8.26. The van der Waals surface area contributed by atoms with Gasteiger partial charge >= 0.3 is 5.97 Å². The monoisotopic (exact) mass is 401 g/mol. The summed E-state index contributed by atoms with van der Waals surface area (Å²) < 4.78 is 0.164. The Morgan fingerprint density at radius 1 is 1.15 bits per heavy atom. The summed E-state index contributed by atoms with van der Waals surface area (Å²) >= 11 is 6.25. The number of benzene rings is 2. The van der Waals surface area contributed by atoms with Gasteiger partial charge in [0.1, 0.15) is 10.4 Å². The number of rotatable bonds is 5. The average Bonchev–Trinajstić information content (AvgIpc) is 2.90. The number of thioether (sulfide) groups is 1. The zero-order valence-electron chi connectivity index (χ0n) is 13.9. The first-order valence-electron chi connectivity index (χ1n) is 7.92. The maximum Gasteiger partial charge on any atom is 0.327 e. The van der Waals surface area contributed by atoms with Crippen molar-refractivity contribution in [2.24, 2.45) is 0 Å². The molecule has 1 aliphatic rings. The standard InChI is InChI=1S/C19H15NO5S2/c21-14-7-6-12(9-15(14)22)10-16-17(23)20(19(26)27-16)13(18(24)25)8-11-4-2-1-3-5-11/h1-7,9-10,13,21-22H,8H2,(H,24,25). The number of hydrogen-bond donors (Lipinski definition) is 3. The van der Waals surface area contributed by atoms with Crippen LogP contribution in [0.15, 0.2) is 53.4 Å². The van der Waals surface area contributed by atoms with E-state index in [1.807, 2.05) is 6.07 Å². The molecule has 6 nitrogen and oxygen atoms in total. The Bertz CT molecular complexity index is 942. The number of carbonyl (C=O) groups excluding carboxylic acids is 1. The van der Waals surface area contributed by atoms with Gasteiger partial charge in [-0.25, -0.2) is 4.79 Å². The molecule has 1 atom stereocenters. The third-order valence-electron chi connectivity index (χ3n) is 3.99. The van der Waals surface area contributed by atoms with Gasteiger partial charge in [0, 0.05) is 6.42 Å². The average molecular weight is 401 g/mol. The molecule has 0 spiro atoms. The van der Waals surface area contributed by atoms with E-state index in [0.29, 0.717) is 5.56 Å². The van der Waals surface area contributed by atoms with Crippen LogP contribution >= 0.6 is 24.0 Å². The minimum absolute atomic E-state index is 0.135. The van der Waals surface area contributed by atoms with E-state index in [1.165, 1.54) is 24.3 Å². The fraction of sp³-hybridized carbons (Fsp3) is 0.105. The van der Waals surface area contributed by atoms with Crippen LogP contribution in [0.3, 0.4) is 0 Å². The summed E-state index contributed by atoms with van der Waals surface area (Å²) in [6.07, 6.45) is 1.63. The van der Waals surface area contributed by atoms with Gasteiger partial charge in [-0.1, -0.05) is 60.4 Å². The first kappa shape index (κ1) is 18.9. The van der Waals surface area contributed by atoms with Crippen LogP contribution in [0, 0.1) is 0 Å². The number of hydrogen-bond acceptors (Lipinski definition) is 6. The van der Waals surface area contributed by atoms with Gasteiger partial charge in [-0.2, -0.15) is 0 Å². The number of aromatic hydroxyl groups is 2. The Kier molecular flexibility index (Phi) is 5.48. The van der Waals surface area contributed by atoms with Crippen LogP contribution in [0.5, 0.6) is 11.5 Å². The lowest BCUT2D eigenvalue weighted by molar-refractivity contribution is -0.145. The van der Waals surface area contributed by atoms with Crippen molar-refractivity contribution in [3.8, 4) is 11.5 Å². The van der Waals surface area contributed by atoms with Crippen molar-refractivity contribution in [1.82, 2.24) is 4.90 Å². The molecule has 2 aromatic rings. The number of aliphatic carboxylic acids is 1. The van der Waals surface area contributed by atoms with Gasteiger partial charge in [0.15, 0.2) is 11.5 Å². The second-order valence-corrected chi connectivity index (χ2v) is 7.52. The first-order valence-corrected chi connectivity index (χ1v) is 9.15. The number of carbonyl (C=O) groups is 2. The minimum Gasteiger partial charge on any atom is -0.504 e. The Balaban J connectivity index is 1.88. The topological polar surface area (TPSA) is 98.1 Å². The summed E-state index contributed by atoms with van der Waals surface area (Å²) in [4.78, 5) is 25.9. The highest BCUT2D eigenvalue weighted by atomic mass is 32.2. The summed E-state index contributed by atoms with van der Waals surface area (Å²) in [5.74, 6) is -2.22. The van der Waals surface area contributed by atoms with Crippen LogP contribution in [-0.2, 0) is 16.0 Å². The molecular weight excluding hydrogens is 386 g/mol. The molecule has 1 unspecified atom stereocenters. The molecule has 8 heteroatoms. The quantitative estimate of drug-likeness (QED) is 0.402. The van der Waals surface area contributed by atoms with Crippen LogP contribution < -0.4 is 0 Å². The molecule has 0 bridgehead atoms. The number of carboxylic acids is 1. The molecule has 0 aromatic heterocycles. The summed E-state index contributed by atoms with van der Waals surface area (Å²) in [5, 5.41) is 28.6. The van der Waals surface area contributed by atoms with Gasteiger partial charge in [-0.3, -0.25) is 9.69 Å². The van der Waals surface area contributed by atoms with Gasteiger partial charge in [0.2, 0.25) is 0 Å². The number of phenols is 2. The van der Waals surface area contributed by atoms with Gasteiger partial charge in [-0.05, 0) is 29.3 Å². The van der Waals surface area contributed by atoms with Crippen molar-refractivity contribution in [2.45, 2.75) is 12.5 Å². The Morgan fingerprint density at radius 2 is 1.85 bits per heavy atom. The molecule has 3 rings (SSSR count). The van der Waals surface area contributed by atoms with Gasteiger partial charge < -0.3 is 15.3 Å². The Labute approximate surface area is 164 Å². The highest BCUT2D eigenvalue weighted by Gasteiger charge is 2.40. The first-order chi connectivity index (χ1) is 12.9. The van der Waals surface area contributed by atoms with E-state index < -0.39 is 17.9 Å². The minimum atomic E-state index is -1.14. The number of thiocarbonyl (C=S) groups is 1. The highest BCUT2D eigenvalue weighted by Crippen LogP contribution is 2.35. The van der Waals surface area contributed by atoms with E-state index in [-0.39, 0.29) is 27.1 Å². The van der Waals surface area contributed by atoms with Crippen molar-refractivity contribution in [3.63, 3.8) is 0 Å². The van der Waals surface area contributed by atoms with E-state index in [0.717, 1.165) is 22.2 Å². The predicted molar refractivity (Wildman–Crippen MR) is 106 cm³/mol. The second-order valence-electron chi connectivity index (χ2n) is 5.84. The number of nitrogens with zero attached hydrogens (tertiary/aromatic N) is 1. The molecule has 2 aromatic carbocycles. The third-order valence-corrected chi connectivity index (χ3v) is 5.32. The van der Waals surface area contributed by atoms with Crippen LogP contribution in [0.4, 0.5) is 0 Å². The molecule has 0 aliphatic carbocycles. The van der Waals surface area contributed by atoms with Crippen LogP contribution in [-0.4, -0.2) is 42.5 Å². The van der Waals surface area contributed by atoms with Crippen molar-refractivity contribution in [3.05, 3.63) is 64.6 Å². The van der Waals surface area contributed by atoms with E-state index >= 15 is 0 Å². The second kappa shape index (κ2) is 7.81. The van der Waals surface area contributed by atoms with E-state index in [9.17, 15) is 24.9 Å². The lowest BCUT2D eigenvalue weighted by Gasteiger charge is -2.23.